The number of carbonyl (C=O) groups is 1. The maximum Gasteiger partial charge on any atom is 0.442 e. The van der Waals surface area contributed by atoms with Gasteiger partial charge in [0.25, 0.3) is 0 Å². The molecule has 0 atom stereocenters. The van der Waals surface area contributed by atoms with E-state index in [0.717, 1.165) is 6.54 Å². The molecule has 0 heterocycles. The monoisotopic (exact) mass is 266 g/mol. The minimum Gasteiger partial charge on any atom is -0.354 e. The van der Waals surface area contributed by atoms with Crippen LogP contribution in [-0.4, -0.2) is 36.8 Å². The quantitative estimate of drug-likeness (QED) is 0.714. The summed E-state index contributed by atoms with van der Waals surface area (Å²) < 4.78 is 34.9. The van der Waals surface area contributed by atoms with E-state index in [1.807, 2.05) is 6.92 Å². The second kappa shape index (κ2) is 9.11. The minimum atomic E-state index is -4.33. The molecule has 1 amide bonds. The fourth-order valence-corrected chi connectivity index (χ4v) is 1.06. The Kier molecular flexibility index (Phi) is 10.5. The zero-order valence-electron chi connectivity index (χ0n) is 8.19. The van der Waals surface area contributed by atoms with Crippen LogP contribution in [0.25, 0.3) is 0 Å². The number of alkyl halides is 3. The van der Waals surface area contributed by atoms with Crippen LogP contribution in [0.4, 0.5) is 13.2 Å². The van der Waals surface area contributed by atoms with E-state index < -0.39 is 17.2 Å². The lowest BCUT2D eigenvalue weighted by Crippen LogP contribution is -2.33. The number of carbonyl (C=O) groups excluding carboxylic acids is 1. The van der Waals surface area contributed by atoms with Crippen LogP contribution in [0.3, 0.4) is 0 Å². The zero-order valence-corrected chi connectivity index (χ0v) is 9.82. The van der Waals surface area contributed by atoms with Crippen LogP contribution in [0.1, 0.15) is 6.92 Å². The highest BCUT2D eigenvalue weighted by Gasteiger charge is 2.28. The van der Waals surface area contributed by atoms with Crippen molar-refractivity contribution >= 4 is 30.1 Å². The Bertz CT molecular complexity index is 180. The topological polar surface area (TPSA) is 41.1 Å². The molecule has 2 N–H and O–H groups in total. The molecule has 0 aromatic rings. The molecule has 0 rings (SSSR count). The number of thioether (sulfide) groups is 1. The van der Waals surface area contributed by atoms with E-state index in [9.17, 15) is 18.0 Å². The molecule has 0 aliphatic rings. The van der Waals surface area contributed by atoms with Gasteiger partial charge in [0, 0.05) is 13.1 Å². The first-order valence-electron chi connectivity index (χ1n) is 4.14. The normalized spacial score (nSPS) is 10.7. The van der Waals surface area contributed by atoms with E-state index in [4.69, 9.17) is 0 Å². The van der Waals surface area contributed by atoms with Crippen molar-refractivity contribution in [3.63, 3.8) is 0 Å². The Morgan fingerprint density at radius 1 is 1.33 bits per heavy atom. The summed E-state index contributed by atoms with van der Waals surface area (Å²) in [5.74, 6) is -1.17. The highest BCUT2D eigenvalue weighted by Crippen LogP contribution is 2.29. The predicted octanol–water partition coefficient (Wildman–Crippen LogP) is 1.39. The minimum absolute atomic E-state index is 0. The van der Waals surface area contributed by atoms with Crippen molar-refractivity contribution < 1.29 is 18.0 Å². The Hall–Kier alpha value is -0.140. The third-order valence-electron chi connectivity index (χ3n) is 1.24. The summed E-state index contributed by atoms with van der Waals surface area (Å²) >= 11 is -0.327. The third-order valence-corrected chi connectivity index (χ3v) is 1.97. The van der Waals surface area contributed by atoms with Crippen LogP contribution in [0, 0.1) is 0 Å². The highest BCUT2D eigenvalue weighted by atomic mass is 35.5. The van der Waals surface area contributed by atoms with Gasteiger partial charge in [0.2, 0.25) is 5.91 Å². The molecular formula is C7H14ClF3N2OS. The molecule has 8 heteroatoms. The Morgan fingerprint density at radius 2 is 1.93 bits per heavy atom. The van der Waals surface area contributed by atoms with Crippen LogP contribution in [0.15, 0.2) is 0 Å². The first kappa shape index (κ1) is 17.3. The van der Waals surface area contributed by atoms with Crippen molar-refractivity contribution in [2.24, 2.45) is 0 Å². The fraction of sp³-hybridized carbons (Fsp3) is 0.857. The highest BCUT2D eigenvalue weighted by molar-refractivity contribution is 8.00. The average molecular weight is 267 g/mol. The molecule has 0 bridgehead atoms. The van der Waals surface area contributed by atoms with Gasteiger partial charge in [-0.2, -0.15) is 13.2 Å². The first-order valence-corrected chi connectivity index (χ1v) is 5.12. The Labute approximate surface area is 97.0 Å². The van der Waals surface area contributed by atoms with E-state index in [2.05, 4.69) is 10.6 Å². The smallest absolute Gasteiger partial charge is 0.354 e. The summed E-state index contributed by atoms with van der Waals surface area (Å²) in [4.78, 5) is 10.8. The molecule has 0 aliphatic carbocycles. The first-order chi connectivity index (χ1) is 6.45. The standard InChI is InChI=1S/C7H13F3N2OS.ClH/c1-2-11-3-4-12-6(13)5-14-7(8,9)10;/h11H,2-5H2,1H3,(H,12,13);1H. The molecule has 0 saturated carbocycles. The number of amides is 1. The number of rotatable bonds is 6. The van der Waals surface area contributed by atoms with E-state index in [1.54, 1.807) is 0 Å². The van der Waals surface area contributed by atoms with Gasteiger partial charge in [0.15, 0.2) is 0 Å². The number of halogens is 4. The van der Waals surface area contributed by atoms with Crippen molar-refractivity contribution in [2.45, 2.75) is 12.4 Å². The van der Waals surface area contributed by atoms with Crippen molar-refractivity contribution in [2.75, 3.05) is 25.4 Å². The van der Waals surface area contributed by atoms with Crippen molar-refractivity contribution in [3.8, 4) is 0 Å². The van der Waals surface area contributed by atoms with E-state index in [0.29, 0.717) is 13.1 Å². The van der Waals surface area contributed by atoms with Gasteiger partial charge in [0.05, 0.1) is 5.75 Å². The lowest BCUT2D eigenvalue weighted by molar-refractivity contribution is -0.118. The summed E-state index contributed by atoms with van der Waals surface area (Å²) in [6.07, 6.45) is 0. The molecule has 0 aromatic carbocycles. The van der Waals surface area contributed by atoms with E-state index in [1.165, 1.54) is 0 Å². The Morgan fingerprint density at radius 3 is 2.40 bits per heavy atom. The average Bonchev–Trinajstić information content (AvgIpc) is 2.08. The predicted molar refractivity (Wildman–Crippen MR) is 57.3 cm³/mol. The van der Waals surface area contributed by atoms with Gasteiger partial charge in [0.1, 0.15) is 0 Å². The van der Waals surface area contributed by atoms with Crippen LogP contribution in [-0.2, 0) is 4.79 Å². The molecule has 0 saturated heterocycles. The van der Waals surface area contributed by atoms with Crippen LogP contribution in [0.5, 0.6) is 0 Å². The molecule has 0 radical (unpaired) electrons. The number of likely N-dealkylation sites (N-methyl/N-ethyl adjacent to an activating group) is 1. The van der Waals surface area contributed by atoms with Crippen LogP contribution >= 0.6 is 24.2 Å². The van der Waals surface area contributed by atoms with Gasteiger partial charge in [-0.05, 0) is 18.3 Å². The molecule has 3 nitrogen and oxygen atoms in total. The van der Waals surface area contributed by atoms with E-state index >= 15 is 0 Å². The maximum atomic E-state index is 11.6. The molecule has 0 aromatic heterocycles. The van der Waals surface area contributed by atoms with Gasteiger partial charge in [-0.1, -0.05) is 6.92 Å². The van der Waals surface area contributed by atoms with Crippen molar-refractivity contribution in [1.82, 2.24) is 10.6 Å². The lowest BCUT2D eigenvalue weighted by atomic mass is 10.5. The zero-order chi connectivity index (χ0) is 11.0. The van der Waals surface area contributed by atoms with Crippen molar-refractivity contribution in [3.05, 3.63) is 0 Å². The Balaban J connectivity index is 0. The summed E-state index contributed by atoms with van der Waals surface area (Å²) in [5.41, 5.74) is -4.33. The molecule has 0 aliphatic heterocycles. The molecule has 15 heavy (non-hydrogen) atoms. The second-order valence-corrected chi connectivity index (χ2v) is 3.48. The lowest BCUT2D eigenvalue weighted by Gasteiger charge is -2.06. The summed E-state index contributed by atoms with van der Waals surface area (Å²) in [5, 5.41) is 5.30. The number of hydrogen-bond donors (Lipinski definition) is 2. The molecule has 0 spiro atoms. The molecular weight excluding hydrogens is 253 g/mol. The number of nitrogens with one attached hydrogen (secondary N) is 2. The maximum absolute atomic E-state index is 11.6. The summed E-state index contributed by atoms with van der Waals surface area (Å²) in [6, 6.07) is 0. The van der Waals surface area contributed by atoms with Gasteiger partial charge < -0.3 is 10.6 Å². The van der Waals surface area contributed by atoms with Gasteiger partial charge >= 0.3 is 5.51 Å². The third kappa shape index (κ3) is 13.9. The van der Waals surface area contributed by atoms with Crippen LogP contribution in [0.2, 0.25) is 0 Å². The summed E-state index contributed by atoms with van der Waals surface area (Å²) in [6.45, 7) is 3.60. The summed E-state index contributed by atoms with van der Waals surface area (Å²) in [7, 11) is 0. The second-order valence-electron chi connectivity index (χ2n) is 2.44. The van der Waals surface area contributed by atoms with Crippen molar-refractivity contribution in [1.29, 1.82) is 0 Å². The molecule has 0 unspecified atom stereocenters. The number of hydrogen-bond acceptors (Lipinski definition) is 3. The molecule has 92 valence electrons. The fourth-order valence-electron chi connectivity index (χ4n) is 0.665. The van der Waals surface area contributed by atoms with Gasteiger partial charge in [-0.25, -0.2) is 0 Å². The largest absolute Gasteiger partial charge is 0.442 e. The van der Waals surface area contributed by atoms with E-state index in [-0.39, 0.29) is 24.2 Å². The SMILES string of the molecule is CCNCCNC(=O)CSC(F)(F)F.Cl. The van der Waals surface area contributed by atoms with Crippen LogP contribution < -0.4 is 10.6 Å². The van der Waals surface area contributed by atoms with Gasteiger partial charge in [-0.3, -0.25) is 4.79 Å². The molecule has 0 fully saturated rings. The van der Waals surface area contributed by atoms with Gasteiger partial charge in [-0.15, -0.1) is 12.4 Å².